The summed E-state index contributed by atoms with van der Waals surface area (Å²) >= 11 is 1.69. The van der Waals surface area contributed by atoms with Gasteiger partial charge in [0, 0.05) is 4.90 Å². The Hall–Kier alpha value is -1.14. The quantitative estimate of drug-likeness (QED) is 0.561. The van der Waals surface area contributed by atoms with E-state index in [1.54, 1.807) is 11.8 Å². The molecule has 92 valence electrons. The minimum Gasteiger partial charge on any atom is -0.492 e. The zero-order chi connectivity index (χ0) is 12.7. The molecule has 0 saturated carbocycles. The van der Waals surface area contributed by atoms with E-state index < -0.39 is 0 Å². The summed E-state index contributed by atoms with van der Waals surface area (Å²) in [6.07, 6.45) is 3.81. The van der Waals surface area contributed by atoms with Crippen molar-refractivity contribution >= 4 is 11.8 Å². The number of hydrogen-bond acceptors (Lipinski definition) is 3. The summed E-state index contributed by atoms with van der Waals surface area (Å²) in [5, 5.41) is 8.90. The van der Waals surface area contributed by atoms with E-state index in [9.17, 15) is 0 Å². The molecule has 1 rings (SSSR count). The van der Waals surface area contributed by atoms with Crippen molar-refractivity contribution in [3.63, 3.8) is 0 Å². The van der Waals surface area contributed by atoms with Crippen LogP contribution in [0.2, 0.25) is 0 Å². The van der Waals surface area contributed by atoms with Gasteiger partial charge in [-0.05, 0) is 45.1 Å². The molecule has 0 bridgehead atoms. The molecule has 3 heteroatoms. The lowest BCUT2D eigenvalue weighted by molar-refractivity contribution is 0.279. The predicted molar refractivity (Wildman–Crippen MR) is 72.3 cm³/mol. The van der Waals surface area contributed by atoms with Gasteiger partial charge in [-0.2, -0.15) is 5.26 Å². The molecular weight excluding hydrogens is 230 g/mol. The maximum Gasteiger partial charge on any atom is 0.132 e. The van der Waals surface area contributed by atoms with E-state index in [1.165, 1.54) is 0 Å². The second-order valence-electron chi connectivity index (χ2n) is 4.60. The van der Waals surface area contributed by atoms with E-state index in [2.05, 4.69) is 12.1 Å². The third kappa shape index (κ3) is 4.70. The molecule has 0 N–H and O–H groups in total. The van der Waals surface area contributed by atoms with Gasteiger partial charge in [-0.1, -0.05) is 12.1 Å². The lowest BCUT2D eigenvalue weighted by Gasteiger charge is -2.15. The fourth-order valence-corrected chi connectivity index (χ4v) is 2.03. The van der Waals surface area contributed by atoms with Crippen molar-refractivity contribution in [1.29, 1.82) is 5.26 Å². The molecule has 0 radical (unpaired) electrons. The van der Waals surface area contributed by atoms with Crippen molar-refractivity contribution in [2.24, 2.45) is 5.41 Å². The van der Waals surface area contributed by atoms with Gasteiger partial charge in [0.2, 0.25) is 0 Å². The van der Waals surface area contributed by atoms with Crippen LogP contribution in [0.25, 0.3) is 0 Å². The Labute approximate surface area is 108 Å². The Morgan fingerprint density at radius 3 is 2.71 bits per heavy atom. The highest BCUT2D eigenvalue weighted by molar-refractivity contribution is 7.98. The fraction of sp³-hybridized carbons (Fsp3) is 0.500. The molecule has 0 saturated heterocycles. The number of ether oxygens (including phenoxy) is 1. The van der Waals surface area contributed by atoms with E-state index in [0.29, 0.717) is 6.61 Å². The molecular formula is C14H19NOS. The van der Waals surface area contributed by atoms with Crippen molar-refractivity contribution < 1.29 is 4.74 Å². The second-order valence-corrected chi connectivity index (χ2v) is 5.45. The molecule has 0 unspecified atom stereocenters. The Kier molecular flexibility index (Phi) is 5.37. The third-order valence-corrected chi connectivity index (χ3v) is 3.35. The SMILES string of the molecule is CSc1ccccc1OCCCC(C)(C)C#N. The van der Waals surface area contributed by atoms with Crippen LogP contribution in [0.1, 0.15) is 26.7 Å². The molecule has 0 aliphatic heterocycles. The van der Waals surface area contributed by atoms with Crippen molar-refractivity contribution in [3.05, 3.63) is 24.3 Å². The molecule has 0 fully saturated rings. The molecule has 0 heterocycles. The van der Waals surface area contributed by atoms with Gasteiger partial charge < -0.3 is 4.74 Å². The first-order chi connectivity index (χ1) is 8.09. The standard InChI is InChI=1S/C14H19NOS/c1-14(2,11-15)9-6-10-16-12-7-4-5-8-13(12)17-3/h4-5,7-8H,6,9-10H2,1-3H3. The zero-order valence-electron chi connectivity index (χ0n) is 10.7. The Morgan fingerprint density at radius 1 is 1.35 bits per heavy atom. The predicted octanol–water partition coefficient (Wildman–Crippen LogP) is 4.12. The van der Waals surface area contributed by atoms with Gasteiger partial charge in [-0.3, -0.25) is 0 Å². The minimum atomic E-state index is -0.248. The van der Waals surface area contributed by atoms with Gasteiger partial charge in [-0.15, -0.1) is 11.8 Å². The van der Waals surface area contributed by atoms with Gasteiger partial charge in [-0.25, -0.2) is 0 Å². The van der Waals surface area contributed by atoms with Crippen LogP contribution in [0, 0.1) is 16.7 Å². The topological polar surface area (TPSA) is 33.0 Å². The molecule has 0 aromatic heterocycles. The number of nitrogens with zero attached hydrogens (tertiary/aromatic N) is 1. The molecule has 1 aromatic rings. The molecule has 0 aliphatic carbocycles. The van der Waals surface area contributed by atoms with E-state index in [1.807, 2.05) is 38.3 Å². The highest BCUT2D eigenvalue weighted by Gasteiger charge is 2.15. The molecule has 0 atom stereocenters. The number of thioether (sulfide) groups is 1. The van der Waals surface area contributed by atoms with Gasteiger partial charge in [0.05, 0.1) is 18.1 Å². The highest BCUT2D eigenvalue weighted by atomic mass is 32.2. The van der Waals surface area contributed by atoms with E-state index in [0.717, 1.165) is 23.5 Å². The van der Waals surface area contributed by atoms with Gasteiger partial charge >= 0.3 is 0 Å². The first-order valence-electron chi connectivity index (χ1n) is 5.76. The maximum atomic E-state index is 8.90. The van der Waals surface area contributed by atoms with Crippen molar-refractivity contribution in [1.82, 2.24) is 0 Å². The van der Waals surface area contributed by atoms with Crippen LogP contribution in [-0.4, -0.2) is 12.9 Å². The monoisotopic (exact) mass is 249 g/mol. The first kappa shape index (κ1) is 13.9. The average molecular weight is 249 g/mol. The molecule has 0 amide bonds. The number of benzene rings is 1. The van der Waals surface area contributed by atoms with E-state index in [4.69, 9.17) is 10.00 Å². The maximum absolute atomic E-state index is 8.90. The van der Waals surface area contributed by atoms with Crippen LogP contribution >= 0.6 is 11.8 Å². The van der Waals surface area contributed by atoms with Crippen LogP contribution in [0.5, 0.6) is 5.75 Å². The minimum absolute atomic E-state index is 0.248. The number of nitriles is 1. The number of rotatable bonds is 6. The van der Waals surface area contributed by atoms with Crippen LogP contribution in [0.15, 0.2) is 29.2 Å². The van der Waals surface area contributed by atoms with Gasteiger partial charge in [0.1, 0.15) is 5.75 Å². The van der Waals surface area contributed by atoms with E-state index >= 15 is 0 Å². The number of para-hydroxylation sites is 1. The summed E-state index contributed by atoms with van der Waals surface area (Å²) in [7, 11) is 0. The van der Waals surface area contributed by atoms with Crippen molar-refractivity contribution in [3.8, 4) is 11.8 Å². The summed E-state index contributed by atoms with van der Waals surface area (Å²) in [5.74, 6) is 0.940. The summed E-state index contributed by atoms with van der Waals surface area (Å²) < 4.78 is 5.74. The highest BCUT2D eigenvalue weighted by Crippen LogP contribution is 2.27. The molecule has 0 spiro atoms. The van der Waals surface area contributed by atoms with Crippen LogP contribution < -0.4 is 4.74 Å². The smallest absolute Gasteiger partial charge is 0.132 e. The second kappa shape index (κ2) is 6.56. The third-order valence-electron chi connectivity index (χ3n) is 2.58. The first-order valence-corrected chi connectivity index (χ1v) is 6.98. The Balaban J connectivity index is 2.39. The molecule has 2 nitrogen and oxygen atoms in total. The van der Waals surface area contributed by atoms with Gasteiger partial charge in [0.25, 0.3) is 0 Å². The Bertz CT molecular complexity index is 395. The average Bonchev–Trinajstić information content (AvgIpc) is 2.35. The normalized spacial score (nSPS) is 10.9. The van der Waals surface area contributed by atoms with E-state index in [-0.39, 0.29) is 5.41 Å². The van der Waals surface area contributed by atoms with Crippen LogP contribution in [0.3, 0.4) is 0 Å². The summed E-state index contributed by atoms with van der Waals surface area (Å²) in [4.78, 5) is 1.16. The lowest BCUT2D eigenvalue weighted by atomic mass is 9.90. The summed E-state index contributed by atoms with van der Waals surface area (Å²) in [6, 6.07) is 10.3. The largest absolute Gasteiger partial charge is 0.492 e. The Morgan fingerprint density at radius 2 is 2.06 bits per heavy atom. The van der Waals surface area contributed by atoms with Crippen molar-refractivity contribution in [2.75, 3.05) is 12.9 Å². The lowest BCUT2D eigenvalue weighted by Crippen LogP contribution is -2.10. The van der Waals surface area contributed by atoms with Crippen molar-refractivity contribution in [2.45, 2.75) is 31.6 Å². The zero-order valence-corrected chi connectivity index (χ0v) is 11.5. The number of hydrogen-bond donors (Lipinski definition) is 0. The fourth-order valence-electron chi connectivity index (χ4n) is 1.49. The molecule has 0 aliphatic rings. The molecule has 1 aromatic carbocycles. The van der Waals surface area contributed by atoms with Crippen LogP contribution in [-0.2, 0) is 0 Å². The molecule has 17 heavy (non-hydrogen) atoms. The van der Waals surface area contributed by atoms with Crippen LogP contribution in [0.4, 0.5) is 0 Å². The van der Waals surface area contributed by atoms with Gasteiger partial charge in [0.15, 0.2) is 0 Å². The summed E-state index contributed by atoms with van der Waals surface area (Å²) in [6.45, 7) is 4.59. The summed E-state index contributed by atoms with van der Waals surface area (Å²) in [5.41, 5.74) is -0.248.